The molecule has 1 saturated heterocycles. The first kappa shape index (κ1) is 17.8. The van der Waals surface area contributed by atoms with Gasteiger partial charge in [-0.25, -0.2) is 12.8 Å². The molecule has 3 rings (SSSR count). The van der Waals surface area contributed by atoms with Crippen LogP contribution < -0.4 is 9.62 Å². The zero-order chi connectivity index (χ0) is 18.2. The molecule has 1 aliphatic heterocycles. The largest absolute Gasteiger partial charge is 0.311 e. The lowest BCUT2D eigenvalue weighted by molar-refractivity contribution is -0.118. The highest BCUT2D eigenvalue weighted by molar-refractivity contribution is 7.89. The molecule has 0 aliphatic carbocycles. The van der Waals surface area contributed by atoms with Gasteiger partial charge in [-0.1, -0.05) is 17.7 Å². The number of carbonyl (C=O) groups is 1. The minimum absolute atomic E-state index is 0.00359. The van der Waals surface area contributed by atoms with Gasteiger partial charge >= 0.3 is 0 Å². The molecule has 8 heteroatoms. The fourth-order valence-electron chi connectivity index (χ4n) is 2.73. The maximum atomic E-state index is 13.4. The van der Waals surface area contributed by atoms with E-state index in [4.69, 9.17) is 11.6 Å². The van der Waals surface area contributed by atoms with Crippen molar-refractivity contribution in [2.24, 2.45) is 0 Å². The molecule has 0 spiro atoms. The van der Waals surface area contributed by atoms with E-state index in [1.54, 1.807) is 19.1 Å². The number of hydrogen-bond acceptors (Lipinski definition) is 3. The second-order valence-electron chi connectivity index (χ2n) is 5.84. The van der Waals surface area contributed by atoms with Gasteiger partial charge in [0, 0.05) is 17.3 Å². The van der Waals surface area contributed by atoms with Gasteiger partial charge in [0.15, 0.2) is 0 Å². The van der Waals surface area contributed by atoms with E-state index < -0.39 is 16.1 Å². The Morgan fingerprint density at radius 2 is 2.00 bits per heavy atom. The molecule has 1 heterocycles. The lowest BCUT2D eigenvalue weighted by Gasteiger charge is -2.18. The van der Waals surface area contributed by atoms with Gasteiger partial charge in [-0.05, 0) is 55.3 Å². The number of carbonyl (C=O) groups excluding carboxylic acids is 1. The van der Waals surface area contributed by atoms with Gasteiger partial charge in [-0.15, -0.1) is 0 Å². The third-order valence-corrected chi connectivity index (χ3v) is 5.77. The summed E-state index contributed by atoms with van der Waals surface area (Å²) in [4.78, 5) is 14.0. The highest BCUT2D eigenvalue weighted by atomic mass is 35.5. The summed E-state index contributed by atoms with van der Waals surface area (Å²) in [5.41, 5.74) is 0.974. The van der Waals surface area contributed by atoms with Crippen molar-refractivity contribution in [2.75, 3.05) is 11.4 Å². The lowest BCUT2D eigenvalue weighted by Crippen LogP contribution is -2.41. The summed E-state index contributed by atoms with van der Waals surface area (Å²) in [6.07, 6.45) is 0.328. The molecule has 132 valence electrons. The van der Waals surface area contributed by atoms with Crippen LogP contribution in [0, 0.1) is 12.7 Å². The number of nitrogens with one attached hydrogen (secondary N) is 1. The molecule has 2 aromatic carbocycles. The van der Waals surface area contributed by atoms with Gasteiger partial charge in [-0.3, -0.25) is 4.79 Å². The first-order chi connectivity index (χ1) is 11.8. The monoisotopic (exact) mass is 382 g/mol. The molecular weight excluding hydrogens is 367 g/mol. The number of benzene rings is 2. The minimum Gasteiger partial charge on any atom is -0.311 e. The Morgan fingerprint density at radius 3 is 2.68 bits per heavy atom. The molecule has 1 aliphatic rings. The topological polar surface area (TPSA) is 66.5 Å². The van der Waals surface area contributed by atoms with Crippen LogP contribution in [0.5, 0.6) is 0 Å². The summed E-state index contributed by atoms with van der Waals surface area (Å²) in [5, 5.41) is 0.295. The second kappa shape index (κ2) is 6.74. The average molecular weight is 383 g/mol. The number of rotatable bonds is 4. The van der Waals surface area contributed by atoms with Crippen LogP contribution >= 0.6 is 11.6 Å². The molecule has 1 unspecified atom stereocenters. The fraction of sp³-hybridized carbons (Fsp3) is 0.235. The predicted molar refractivity (Wildman–Crippen MR) is 93.7 cm³/mol. The molecule has 1 fully saturated rings. The van der Waals surface area contributed by atoms with Crippen molar-refractivity contribution < 1.29 is 17.6 Å². The molecule has 2 aromatic rings. The maximum absolute atomic E-state index is 13.4. The third kappa shape index (κ3) is 3.68. The fourth-order valence-corrected chi connectivity index (χ4v) is 4.26. The average Bonchev–Trinajstić information content (AvgIpc) is 2.90. The van der Waals surface area contributed by atoms with E-state index >= 15 is 0 Å². The molecular formula is C17H16ClFN2O3S. The van der Waals surface area contributed by atoms with Gasteiger partial charge in [0.05, 0.1) is 4.90 Å². The standard InChI is InChI=1S/C17H16ClFN2O3S/c1-11-9-13(5-6-15(11)19)21-8-7-16(17(21)22)20-25(23,24)14-4-2-3-12(18)10-14/h2-6,9-10,16,20H,7-8H2,1H3. The van der Waals surface area contributed by atoms with E-state index in [2.05, 4.69) is 4.72 Å². The van der Waals surface area contributed by atoms with Crippen molar-refractivity contribution in [3.63, 3.8) is 0 Å². The van der Waals surface area contributed by atoms with Gasteiger partial charge in [0.25, 0.3) is 0 Å². The van der Waals surface area contributed by atoms with Crippen molar-refractivity contribution in [1.29, 1.82) is 0 Å². The smallest absolute Gasteiger partial charge is 0.245 e. The summed E-state index contributed by atoms with van der Waals surface area (Å²) in [5.74, 6) is -0.717. The Balaban J connectivity index is 1.79. The van der Waals surface area contributed by atoms with Crippen molar-refractivity contribution in [3.8, 4) is 0 Å². The van der Waals surface area contributed by atoms with E-state index in [1.165, 1.54) is 35.2 Å². The molecule has 0 bridgehead atoms. The van der Waals surface area contributed by atoms with Gasteiger partial charge in [0.1, 0.15) is 11.9 Å². The van der Waals surface area contributed by atoms with Crippen LogP contribution in [0.3, 0.4) is 0 Å². The summed E-state index contributed by atoms with van der Waals surface area (Å²) >= 11 is 5.83. The van der Waals surface area contributed by atoms with E-state index in [9.17, 15) is 17.6 Å². The van der Waals surface area contributed by atoms with Crippen molar-refractivity contribution in [1.82, 2.24) is 4.72 Å². The first-order valence-corrected chi connectivity index (χ1v) is 9.49. The van der Waals surface area contributed by atoms with Gasteiger partial charge in [0.2, 0.25) is 15.9 Å². The number of hydrogen-bond donors (Lipinski definition) is 1. The van der Waals surface area contributed by atoms with E-state index in [-0.39, 0.29) is 16.6 Å². The Hall–Kier alpha value is -1.96. The SMILES string of the molecule is Cc1cc(N2CCC(NS(=O)(=O)c3cccc(Cl)c3)C2=O)ccc1F. The number of halogens is 2. The lowest BCUT2D eigenvalue weighted by atomic mass is 10.2. The van der Waals surface area contributed by atoms with Crippen LogP contribution in [0.25, 0.3) is 0 Å². The zero-order valence-electron chi connectivity index (χ0n) is 13.4. The number of amides is 1. The van der Waals surface area contributed by atoms with E-state index in [0.29, 0.717) is 29.2 Å². The molecule has 0 saturated carbocycles. The Morgan fingerprint density at radius 1 is 1.24 bits per heavy atom. The van der Waals surface area contributed by atoms with Crippen LogP contribution in [0.2, 0.25) is 5.02 Å². The van der Waals surface area contributed by atoms with Gasteiger partial charge in [-0.2, -0.15) is 4.72 Å². The van der Waals surface area contributed by atoms with Crippen LogP contribution in [0.1, 0.15) is 12.0 Å². The normalized spacial score (nSPS) is 18.0. The zero-order valence-corrected chi connectivity index (χ0v) is 14.9. The summed E-state index contributed by atoms with van der Waals surface area (Å²) in [6.45, 7) is 1.96. The molecule has 0 radical (unpaired) electrons. The summed E-state index contributed by atoms with van der Waals surface area (Å²) < 4.78 is 40.7. The Kier molecular flexibility index (Phi) is 4.81. The predicted octanol–water partition coefficient (Wildman–Crippen LogP) is 2.87. The summed E-state index contributed by atoms with van der Waals surface area (Å²) in [6, 6.07) is 9.34. The summed E-state index contributed by atoms with van der Waals surface area (Å²) in [7, 11) is -3.86. The molecule has 1 amide bonds. The van der Waals surface area contributed by atoms with Crippen LogP contribution in [-0.2, 0) is 14.8 Å². The molecule has 25 heavy (non-hydrogen) atoms. The number of aryl methyl sites for hydroxylation is 1. The minimum atomic E-state index is -3.86. The van der Waals surface area contributed by atoms with Gasteiger partial charge < -0.3 is 4.90 Å². The first-order valence-electron chi connectivity index (χ1n) is 7.63. The molecule has 0 aromatic heterocycles. The Labute approximate surface area is 150 Å². The Bertz CT molecular complexity index is 933. The van der Waals surface area contributed by atoms with Crippen molar-refractivity contribution in [3.05, 3.63) is 58.9 Å². The van der Waals surface area contributed by atoms with E-state index in [1.807, 2.05) is 0 Å². The number of nitrogens with zero attached hydrogens (tertiary/aromatic N) is 1. The molecule has 5 nitrogen and oxygen atoms in total. The maximum Gasteiger partial charge on any atom is 0.245 e. The van der Waals surface area contributed by atoms with Crippen LogP contribution in [-0.4, -0.2) is 26.9 Å². The van der Waals surface area contributed by atoms with E-state index in [0.717, 1.165) is 0 Å². The number of anilines is 1. The number of sulfonamides is 1. The molecule has 1 N–H and O–H groups in total. The second-order valence-corrected chi connectivity index (χ2v) is 7.99. The van der Waals surface area contributed by atoms with Crippen LogP contribution in [0.4, 0.5) is 10.1 Å². The quantitative estimate of drug-likeness (QED) is 0.884. The van der Waals surface area contributed by atoms with Crippen molar-refractivity contribution in [2.45, 2.75) is 24.3 Å². The van der Waals surface area contributed by atoms with Crippen LogP contribution in [0.15, 0.2) is 47.4 Å². The highest BCUT2D eigenvalue weighted by Gasteiger charge is 2.35. The third-order valence-electron chi connectivity index (χ3n) is 4.06. The highest BCUT2D eigenvalue weighted by Crippen LogP contribution is 2.25. The van der Waals surface area contributed by atoms with Crippen molar-refractivity contribution >= 4 is 33.2 Å². The molecule has 1 atom stereocenters.